The van der Waals surface area contributed by atoms with E-state index in [0.29, 0.717) is 6.54 Å². The first-order valence-corrected chi connectivity index (χ1v) is 6.45. The van der Waals surface area contributed by atoms with Crippen LogP contribution in [0, 0.1) is 0 Å². The number of nitrogens with one attached hydrogen (secondary N) is 1. The molecule has 0 radical (unpaired) electrons. The maximum Gasteiger partial charge on any atom is 0.314 e. The summed E-state index contributed by atoms with van der Waals surface area (Å²) in [5.41, 5.74) is 2.00. The topological polar surface area (TPSA) is 49.4 Å². The van der Waals surface area contributed by atoms with Gasteiger partial charge in [-0.05, 0) is 18.1 Å². The molecule has 1 aromatic carbocycles. The van der Waals surface area contributed by atoms with Gasteiger partial charge in [-0.1, -0.05) is 18.2 Å². The molecule has 2 rings (SSSR count). The van der Waals surface area contributed by atoms with Gasteiger partial charge in [0, 0.05) is 17.2 Å². The van der Waals surface area contributed by atoms with Crippen LogP contribution in [0.1, 0.15) is 5.56 Å². The summed E-state index contributed by atoms with van der Waals surface area (Å²) in [5, 5.41) is 1.54. The molecule has 76 valence electrons. The highest BCUT2D eigenvalue weighted by Crippen LogP contribution is 2.25. The lowest BCUT2D eigenvalue weighted by molar-refractivity contribution is 0.592. The molecule has 1 aromatic rings. The molecule has 0 saturated carbocycles. The molecule has 0 fully saturated rings. The Balaban J connectivity index is 2.27. The predicted octanol–water partition coefficient (Wildman–Crippen LogP) is 1.04. The van der Waals surface area contributed by atoms with Gasteiger partial charge in [0.05, 0.1) is 5.69 Å². The molecule has 4 nitrogen and oxygen atoms in total. The van der Waals surface area contributed by atoms with Gasteiger partial charge in [0.1, 0.15) is 0 Å². The Bertz CT molecular complexity index is 446. The van der Waals surface area contributed by atoms with Crippen molar-refractivity contribution in [2.24, 2.45) is 0 Å². The average molecular weight is 233 g/mol. The van der Waals surface area contributed by atoms with E-state index in [1.165, 1.54) is 5.01 Å². The fourth-order valence-corrected chi connectivity index (χ4v) is 2.27. The third-order valence-electron chi connectivity index (χ3n) is 2.11. The summed E-state index contributed by atoms with van der Waals surface area (Å²) >= 11 is 0. The first-order chi connectivity index (χ1) is 6.56. The highest BCUT2D eigenvalue weighted by Gasteiger charge is 2.21. The zero-order chi connectivity index (χ0) is 10.2. The number of halogens is 1. The van der Waals surface area contributed by atoms with Crippen LogP contribution >= 0.6 is 10.7 Å². The Morgan fingerprint density at radius 1 is 1.36 bits per heavy atom. The van der Waals surface area contributed by atoms with Gasteiger partial charge in [-0.2, -0.15) is 8.42 Å². The van der Waals surface area contributed by atoms with Gasteiger partial charge in [-0.25, -0.2) is 0 Å². The Labute approximate surface area is 87.0 Å². The van der Waals surface area contributed by atoms with Crippen molar-refractivity contribution >= 4 is 25.6 Å². The summed E-state index contributed by atoms with van der Waals surface area (Å²) in [6.07, 6.45) is 0.829. The quantitative estimate of drug-likeness (QED) is 0.776. The number of hydrogen-bond donors (Lipinski definition) is 1. The molecule has 0 aromatic heterocycles. The second kappa shape index (κ2) is 3.42. The number of rotatable bonds is 2. The van der Waals surface area contributed by atoms with E-state index in [9.17, 15) is 8.42 Å². The van der Waals surface area contributed by atoms with Crippen LogP contribution < -0.4 is 9.84 Å². The minimum atomic E-state index is -3.70. The normalized spacial score (nSPS) is 15.6. The number of fused-ring (bicyclic) bond motifs is 1. The lowest BCUT2D eigenvalue weighted by Gasteiger charge is -2.17. The third-order valence-corrected chi connectivity index (χ3v) is 2.75. The molecule has 0 bridgehead atoms. The molecular weight excluding hydrogens is 224 g/mol. The van der Waals surface area contributed by atoms with Crippen LogP contribution in [-0.4, -0.2) is 15.0 Å². The van der Waals surface area contributed by atoms with Crippen LogP contribution in [0.5, 0.6) is 0 Å². The summed E-state index contributed by atoms with van der Waals surface area (Å²) in [7, 11) is 1.40. The molecule has 1 aliphatic heterocycles. The van der Waals surface area contributed by atoms with E-state index in [1.54, 1.807) is 0 Å². The summed E-state index contributed by atoms with van der Waals surface area (Å²) < 4.78 is 21.6. The van der Waals surface area contributed by atoms with Crippen LogP contribution in [0.2, 0.25) is 0 Å². The van der Waals surface area contributed by atoms with Crippen LogP contribution in [-0.2, 0) is 15.7 Å². The van der Waals surface area contributed by atoms with Gasteiger partial charge >= 0.3 is 9.24 Å². The number of hydrazine groups is 1. The predicted molar refractivity (Wildman–Crippen MR) is 55.4 cm³/mol. The Kier molecular flexibility index (Phi) is 2.38. The standard InChI is InChI=1S/C8H9ClN2O2S/c9-14(12,13)10-11-6-5-7-3-1-2-4-8(7)11/h1-4,10H,5-6H2. The highest BCUT2D eigenvalue weighted by molar-refractivity contribution is 8.12. The number of hydrogen-bond acceptors (Lipinski definition) is 3. The Morgan fingerprint density at radius 3 is 2.79 bits per heavy atom. The number of benzene rings is 1. The molecule has 0 saturated heterocycles. The van der Waals surface area contributed by atoms with Gasteiger partial charge in [0.15, 0.2) is 0 Å². The highest BCUT2D eigenvalue weighted by atomic mass is 35.7. The average Bonchev–Trinajstić information content (AvgIpc) is 2.47. The first-order valence-electron chi connectivity index (χ1n) is 4.14. The summed E-state index contributed by atoms with van der Waals surface area (Å²) in [6.45, 7) is 0.616. The second-order valence-corrected chi connectivity index (χ2v) is 5.34. The van der Waals surface area contributed by atoms with Gasteiger partial charge in [-0.3, -0.25) is 5.01 Å². The maximum absolute atomic E-state index is 10.8. The van der Waals surface area contributed by atoms with E-state index >= 15 is 0 Å². The van der Waals surface area contributed by atoms with Crippen molar-refractivity contribution in [1.82, 2.24) is 4.83 Å². The summed E-state index contributed by atoms with van der Waals surface area (Å²) in [5.74, 6) is 0. The van der Waals surface area contributed by atoms with E-state index in [1.807, 2.05) is 24.3 Å². The van der Waals surface area contributed by atoms with Crippen molar-refractivity contribution in [3.63, 3.8) is 0 Å². The Hall–Kier alpha value is -0.780. The summed E-state index contributed by atoms with van der Waals surface area (Å²) in [6, 6.07) is 7.62. The van der Waals surface area contributed by atoms with Gasteiger partial charge in [-0.15, -0.1) is 4.83 Å². The van der Waals surface area contributed by atoms with Crippen molar-refractivity contribution in [2.75, 3.05) is 11.6 Å². The van der Waals surface area contributed by atoms with Crippen LogP contribution in [0.25, 0.3) is 0 Å². The van der Waals surface area contributed by atoms with Gasteiger partial charge < -0.3 is 0 Å². The molecular formula is C8H9ClN2O2S. The van der Waals surface area contributed by atoms with E-state index in [2.05, 4.69) is 4.83 Å². The molecule has 0 aliphatic carbocycles. The minimum absolute atomic E-state index is 0.616. The van der Waals surface area contributed by atoms with Crippen molar-refractivity contribution < 1.29 is 8.42 Å². The lowest BCUT2D eigenvalue weighted by atomic mass is 10.2. The second-order valence-electron chi connectivity index (χ2n) is 3.06. The third kappa shape index (κ3) is 2.00. The smallest absolute Gasteiger partial charge is 0.293 e. The molecule has 0 atom stereocenters. The van der Waals surface area contributed by atoms with Gasteiger partial charge in [0.2, 0.25) is 0 Å². The monoisotopic (exact) mass is 232 g/mol. The van der Waals surface area contributed by atoms with Crippen LogP contribution in [0.15, 0.2) is 24.3 Å². The maximum atomic E-state index is 10.8. The first kappa shape index (κ1) is 9.76. The number of para-hydroxylation sites is 1. The molecule has 1 aliphatic rings. The van der Waals surface area contributed by atoms with Crippen molar-refractivity contribution in [1.29, 1.82) is 0 Å². The van der Waals surface area contributed by atoms with E-state index in [-0.39, 0.29) is 0 Å². The fourth-order valence-electron chi connectivity index (χ4n) is 1.56. The number of nitrogens with zero attached hydrogens (tertiary/aromatic N) is 1. The molecule has 1 heterocycles. The number of anilines is 1. The zero-order valence-corrected chi connectivity index (χ0v) is 8.85. The van der Waals surface area contributed by atoms with E-state index < -0.39 is 9.24 Å². The summed E-state index contributed by atoms with van der Waals surface area (Å²) in [4.78, 5) is 2.25. The lowest BCUT2D eigenvalue weighted by Crippen LogP contribution is -2.38. The molecule has 1 N–H and O–H groups in total. The van der Waals surface area contributed by atoms with Crippen LogP contribution in [0.3, 0.4) is 0 Å². The zero-order valence-electron chi connectivity index (χ0n) is 7.27. The van der Waals surface area contributed by atoms with Gasteiger partial charge in [0.25, 0.3) is 0 Å². The minimum Gasteiger partial charge on any atom is -0.293 e. The molecule has 0 amide bonds. The molecule has 14 heavy (non-hydrogen) atoms. The Morgan fingerprint density at radius 2 is 2.07 bits per heavy atom. The van der Waals surface area contributed by atoms with Crippen LogP contribution in [0.4, 0.5) is 5.69 Å². The van der Waals surface area contributed by atoms with Crippen molar-refractivity contribution in [3.8, 4) is 0 Å². The molecule has 0 spiro atoms. The van der Waals surface area contributed by atoms with Crippen molar-refractivity contribution in [3.05, 3.63) is 29.8 Å². The fraction of sp³-hybridized carbons (Fsp3) is 0.250. The van der Waals surface area contributed by atoms with Crippen molar-refractivity contribution in [2.45, 2.75) is 6.42 Å². The van der Waals surface area contributed by atoms with E-state index in [0.717, 1.165) is 17.7 Å². The largest absolute Gasteiger partial charge is 0.314 e. The van der Waals surface area contributed by atoms with E-state index in [4.69, 9.17) is 10.7 Å². The SMILES string of the molecule is O=S(=O)(Cl)NN1CCc2ccccc21. The molecule has 0 unspecified atom stereocenters. The molecule has 6 heteroatoms.